The lowest BCUT2D eigenvalue weighted by molar-refractivity contribution is -0.121. The molecule has 3 aromatic rings. The van der Waals surface area contributed by atoms with Crippen LogP contribution >= 0.6 is 11.3 Å². The number of para-hydroxylation sites is 2. The minimum absolute atomic E-state index is 0.00799. The van der Waals surface area contributed by atoms with Crippen molar-refractivity contribution in [1.29, 1.82) is 0 Å². The number of aromatic carboxylic acids is 1. The molecule has 0 aliphatic heterocycles. The van der Waals surface area contributed by atoms with E-state index < -0.39 is 5.97 Å². The summed E-state index contributed by atoms with van der Waals surface area (Å²) >= 11 is 1.24. The Labute approximate surface area is 146 Å². The first kappa shape index (κ1) is 16.9. The van der Waals surface area contributed by atoms with Crippen molar-refractivity contribution in [2.75, 3.05) is 6.54 Å². The van der Waals surface area contributed by atoms with E-state index in [1.807, 2.05) is 18.2 Å². The van der Waals surface area contributed by atoms with Crippen molar-refractivity contribution in [3.63, 3.8) is 0 Å². The number of carboxylic acids is 1. The molecule has 0 radical (unpaired) electrons. The van der Waals surface area contributed by atoms with Crippen molar-refractivity contribution < 1.29 is 14.7 Å². The zero-order chi connectivity index (χ0) is 18.0. The van der Waals surface area contributed by atoms with E-state index in [9.17, 15) is 14.4 Å². The van der Waals surface area contributed by atoms with Crippen LogP contribution in [-0.4, -0.2) is 37.6 Å². The van der Waals surface area contributed by atoms with E-state index in [0.29, 0.717) is 23.5 Å². The van der Waals surface area contributed by atoms with E-state index in [1.54, 1.807) is 13.1 Å². The third-order valence-corrected chi connectivity index (χ3v) is 4.69. The van der Waals surface area contributed by atoms with Crippen LogP contribution in [0.25, 0.3) is 11.0 Å². The SMILES string of the molecule is Cn1c(=O)n(CC(=O)NCCc2nc(C(=O)O)cs2)c2ccccc21. The number of imidazole rings is 1. The normalized spacial score (nSPS) is 10.9. The summed E-state index contributed by atoms with van der Waals surface area (Å²) in [5, 5.41) is 13.7. The van der Waals surface area contributed by atoms with Crippen LogP contribution in [-0.2, 0) is 24.8 Å². The lowest BCUT2D eigenvalue weighted by Crippen LogP contribution is -2.33. The van der Waals surface area contributed by atoms with Gasteiger partial charge in [-0.15, -0.1) is 11.3 Å². The number of carboxylic acid groups (broad SMARTS) is 1. The molecule has 0 unspecified atom stereocenters. The largest absolute Gasteiger partial charge is 0.476 e. The highest BCUT2D eigenvalue weighted by Gasteiger charge is 2.13. The van der Waals surface area contributed by atoms with Crippen LogP contribution in [0.5, 0.6) is 0 Å². The molecule has 1 aromatic carbocycles. The maximum atomic E-state index is 12.3. The second-order valence-electron chi connectivity index (χ2n) is 5.45. The topological polar surface area (TPSA) is 106 Å². The van der Waals surface area contributed by atoms with Gasteiger partial charge < -0.3 is 10.4 Å². The molecule has 0 saturated heterocycles. The van der Waals surface area contributed by atoms with Crippen LogP contribution in [0.3, 0.4) is 0 Å². The molecule has 130 valence electrons. The third-order valence-electron chi connectivity index (χ3n) is 3.79. The predicted molar refractivity (Wildman–Crippen MR) is 93.0 cm³/mol. The van der Waals surface area contributed by atoms with Crippen molar-refractivity contribution in [2.24, 2.45) is 7.05 Å². The van der Waals surface area contributed by atoms with Crippen LogP contribution in [0.15, 0.2) is 34.4 Å². The van der Waals surface area contributed by atoms with E-state index >= 15 is 0 Å². The van der Waals surface area contributed by atoms with Crippen LogP contribution in [0.4, 0.5) is 0 Å². The van der Waals surface area contributed by atoms with Gasteiger partial charge in [-0.2, -0.15) is 0 Å². The lowest BCUT2D eigenvalue weighted by atomic mass is 10.3. The number of rotatable bonds is 6. The number of hydrogen-bond acceptors (Lipinski definition) is 5. The number of carbonyl (C=O) groups excluding carboxylic acids is 1. The summed E-state index contributed by atoms with van der Waals surface area (Å²) < 4.78 is 2.93. The molecule has 3 rings (SSSR count). The Hall–Kier alpha value is -2.94. The molecule has 9 heteroatoms. The van der Waals surface area contributed by atoms with Crippen molar-refractivity contribution in [2.45, 2.75) is 13.0 Å². The second-order valence-corrected chi connectivity index (χ2v) is 6.39. The fraction of sp³-hybridized carbons (Fsp3) is 0.250. The summed E-state index contributed by atoms with van der Waals surface area (Å²) in [6, 6.07) is 7.28. The van der Waals surface area contributed by atoms with Gasteiger partial charge in [0, 0.05) is 25.4 Å². The van der Waals surface area contributed by atoms with Gasteiger partial charge in [0.05, 0.1) is 16.0 Å². The molecule has 2 aromatic heterocycles. The zero-order valence-corrected chi connectivity index (χ0v) is 14.2. The smallest absolute Gasteiger partial charge is 0.355 e. The fourth-order valence-corrected chi connectivity index (χ4v) is 3.32. The number of hydrogen-bond donors (Lipinski definition) is 2. The molecular formula is C16H16N4O4S. The lowest BCUT2D eigenvalue weighted by Gasteiger charge is -2.05. The van der Waals surface area contributed by atoms with E-state index in [1.165, 1.54) is 25.9 Å². The number of aryl methyl sites for hydroxylation is 1. The second kappa shape index (κ2) is 6.89. The Bertz CT molecular complexity index is 1000. The van der Waals surface area contributed by atoms with Gasteiger partial charge in [-0.1, -0.05) is 12.1 Å². The summed E-state index contributed by atoms with van der Waals surface area (Å²) in [4.78, 5) is 39.1. The molecule has 0 atom stereocenters. The molecular weight excluding hydrogens is 344 g/mol. The van der Waals surface area contributed by atoms with Gasteiger partial charge in [0.1, 0.15) is 6.54 Å². The molecule has 1 amide bonds. The predicted octanol–water partition coefficient (Wildman–Crippen LogP) is 0.854. The first-order chi connectivity index (χ1) is 12.0. The first-order valence-electron chi connectivity index (χ1n) is 7.56. The third kappa shape index (κ3) is 3.45. The Morgan fingerprint density at radius 2 is 2.00 bits per heavy atom. The number of fused-ring (bicyclic) bond motifs is 1. The Balaban J connectivity index is 1.62. The number of benzene rings is 1. The Kier molecular flexibility index (Phi) is 4.66. The number of nitrogens with zero attached hydrogens (tertiary/aromatic N) is 3. The monoisotopic (exact) mass is 360 g/mol. The van der Waals surface area contributed by atoms with E-state index in [2.05, 4.69) is 10.3 Å². The van der Waals surface area contributed by atoms with Crippen LogP contribution < -0.4 is 11.0 Å². The van der Waals surface area contributed by atoms with Crippen LogP contribution in [0.1, 0.15) is 15.5 Å². The van der Waals surface area contributed by atoms with Crippen LogP contribution in [0.2, 0.25) is 0 Å². The summed E-state index contributed by atoms with van der Waals surface area (Å²) in [6.07, 6.45) is 0.439. The van der Waals surface area contributed by atoms with Gasteiger partial charge in [0.15, 0.2) is 5.69 Å². The van der Waals surface area contributed by atoms with E-state index in [0.717, 1.165) is 5.52 Å². The number of carbonyl (C=O) groups is 2. The van der Waals surface area contributed by atoms with Crippen LogP contribution in [0, 0.1) is 0 Å². The maximum Gasteiger partial charge on any atom is 0.355 e. The molecule has 0 spiro atoms. The van der Waals surface area contributed by atoms with Gasteiger partial charge in [0.2, 0.25) is 5.91 Å². The number of amides is 1. The summed E-state index contributed by atoms with van der Waals surface area (Å²) in [5.41, 5.74) is 1.23. The molecule has 0 bridgehead atoms. The molecule has 2 N–H and O–H groups in total. The van der Waals surface area contributed by atoms with Gasteiger partial charge in [-0.3, -0.25) is 13.9 Å². The van der Waals surface area contributed by atoms with Gasteiger partial charge in [-0.05, 0) is 12.1 Å². The molecule has 25 heavy (non-hydrogen) atoms. The summed E-state index contributed by atoms with van der Waals surface area (Å²) in [5.74, 6) is -1.35. The quantitative estimate of drug-likeness (QED) is 0.678. The maximum absolute atomic E-state index is 12.3. The zero-order valence-electron chi connectivity index (χ0n) is 13.4. The first-order valence-corrected chi connectivity index (χ1v) is 8.44. The minimum atomic E-state index is -1.07. The number of aromatic nitrogens is 3. The van der Waals surface area contributed by atoms with Crippen molar-refractivity contribution in [1.82, 2.24) is 19.4 Å². The molecule has 2 heterocycles. The Morgan fingerprint density at radius 3 is 2.68 bits per heavy atom. The molecule has 0 fully saturated rings. The van der Waals surface area contributed by atoms with Gasteiger partial charge in [-0.25, -0.2) is 14.6 Å². The molecule has 8 nitrogen and oxygen atoms in total. The molecule has 0 aliphatic rings. The highest BCUT2D eigenvalue weighted by Crippen LogP contribution is 2.11. The summed E-state index contributed by atoms with van der Waals surface area (Å²) in [6.45, 7) is 0.253. The van der Waals surface area contributed by atoms with Crippen molar-refractivity contribution in [3.05, 3.63) is 50.8 Å². The van der Waals surface area contributed by atoms with E-state index in [-0.39, 0.29) is 23.8 Å². The Morgan fingerprint density at radius 1 is 1.28 bits per heavy atom. The van der Waals surface area contributed by atoms with Gasteiger partial charge in [0.25, 0.3) is 0 Å². The molecule has 0 saturated carbocycles. The highest BCUT2D eigenvalue weighted by molar-refractivity contribution is 7.09. The number of thiazole rings is 1. The average molecular weight is 360 g/mol. The van der Waals surface area contributed by atoms with Crippen molar-refractivity contribution in [3.8, 4) is 0 Å². The number of nitrogens with one attached hydrogen (secondary N) is 1. The summed E-state index contributed by atoms with van der Waals surface area (Å²) in [7, 11) is 1.67. The minimum Gasteiger partial charge on any atom is -0.476 e. The van der Waals surface area contributed by atoms with Gasteiger partial charge >= 0.3 is 11.7 Å². The fourth-order valence-electron chi connectivity index (χ4n) is 2.55. The average Bonchev–Trinajstić information content (AvgIpc) is 3.15. The standard InChI is InChI=1S/C16H16N4O4S/c1-19-11-4-2-3-5-12(11)20(16(19)24)8-13(21)17-7-6-14-18-10(9-25-14)15(22)23/h2-5,9H,6-8H2,1H3,(H,17,21)(H,22,23). The van der Waals surface area contributed by atoms with Crippen molar-refractivity contribution >= 4 is 34.2 Å². The molecule has 0 aliphatic carbocycles. The van der Waals surface area contributed by atoms with E-state index in [4.69, 9.17) is 5.11 Å². The highest BCUT2D eigenvalue weighted by atomic mass is 32.1.